The second-order valence-corrected chi connectivity index (χ2v) is 13.2. The third kappa shape index (κ3) is 4.04. The second kappa shape index (κ2) is 11.1. The fourth-order valence-electron chi connectivity index (χ4n) is 8.50. The summed E-state index contributed by atoms with van der Waals surface area (Å²) in [5.74, 6) is 0.990. The first-order valence-electron chi connectivity index (χ1n) is 17.4. The van der Waals surface area contributed by atoms with E-state index in [9.17, 15) is 0 Å². The van der Waals surface area contributed by atoms with Crippen molar-refractivity contribution in [3.05, 3.63) is 192 Å². The van der Waals surface area contributed by atoms with Crippen LogP contribution in [0.2, 0.25) is 0 Å². The molecule has 50 heavy (non-hydrogen) atoms. The lowest BCUT2D eigenvalue weighted by Gasteiger charge is -2.34. The predicted molar refractivity (Wildman–Crippen MR) is 206 cm³/mol. The molecule has 3 nitrogen and oxygen atoms in total. The molecule has 7 aromatic carbocycles. The molecule has 0 radical (unpaired) electrons. The Morgan fingerprint density at radius 3 is 1.84 bits per heavy atom. The molecule has 2 heterocycles. The highest BCUT2D eigenvalue weighted by Crippen LogP contribution is 2.57. The number of benzene rings is 7. The average Bonchev–Trinajstić information content (AvgIpc) is 3.71. The molecule has 0 amide bonds. The summed E-state index contributed by atoms with van der Waals surface area (Å²) in [6.45, 7) is 3.03. The van der Waals surface area contributed by atoms with Gasteiger partial charge in [0.25, 0.3) is 0 Å². The molecule has 0 spiro atoms. The third-order valence-electron chi connectivity index (χ3n) is 10.7. The highest BCUT2D eigenvalue weighted by atomic mass is 15.1. The molecule has 2 aromatic heterocycles. The summed E-state index contributed by atoms with van der Waals surface area (Å²) in [7, 11) is 0. The van der Waals surface area contributed by atoms with E-state index in [1.54, 1.807) is 0 Å². The second-order valence-electron chi connectivity index (χ2n) is 13.2. The van der Waals surface area contributed by atoms with Gasteiger partial charge in [-0.2, -0.15) is 0 Å². The number of aryl methyl sites for hydroxylation is 1. The minimum Gasteiger partial charge on any atom is -0.324 e. The molecule has 3 heteroatoms. The van der Waals surface area contributed by atoms with E-state index in [2.05, 4.69) is 181 Å². The Morgan fingerprint density at radius 1 is 0.480 bits per heavy atom. The standard InChI is InChI=1S/C47H33N3/c1-2-50-44-24-14-13-23-43(44)49-46(50)32-27-25-31(26-28-32)45-39-29-38-35-19-9-11-21-40(35)47(33-15-5-3-6-16-33,34-17-7-4-8-18-34)41(38)30-37(39)36-20-10-12-22-42(36)48-45/h3-30H,2H2,1H3. The fourth-order valence-corrected chi connectivity index (χ4v) is 8.50. The van der Waals surface area contributed by atoms with E-state index in [4.69, 9.17) is 9.97 Å². The van der Waals surface area contributed by atoms with E-state index >= 15 is 0 Å². The number of para-hydroxylation sites is 3. The van der Waals surface area contributed by atoms with Crippen LogP contribution in [-0.4, -0.2) is 14.5 Å². The van der Waals surface area contributed by atoms with Gasteiger partial charge in [-0.05, 0) is 76.0 Å². The van der Waals surface area contributed by atoms with Gasteiger partial charge < -0.3 is 4.57 Å². The lowest BCUT2D eigenvalue weighted by Crippen LogP contribution is -2.28. The quantitative estimate of drug-likeness (QED) is 0.175. The summed E-state index contributed by atoms with van der Waals surface area (Å²) >= 11 is 0. The maximum absolute atomic E-state index is 5.36. The molecule has 1 aliphatic carbocycles. The molecule has 0 unspecified atom stereocenters. The van der Waals surface area contributed by atoms with E-state index in [0.717, 1.165) is 56.5 Å². The maximum atomic E-state index is 5.36. The van der Waals surface area contributed by atoms with Crippen molar-refractivity contribution in [2.24, 2.45) is 0 Å². The number of hydrogen-bond donors (Lipinski definition) is 0. The van der Waals surface area contributed by atoms with Gasteiger partial charge in [0.05, 0.1) is 27.7 Å². The van der Waals surface area contributed by atoms with Crippen LogP contribution in [0.3, 0.4) is 0 Å². The summed E-state index contributed by atoms with van der Waals surface area (Å²) < 4.78 is 2.29. The van der Waals surface area contributed by atoms with E-state index in [1.807, 2.05) is 0 Å². The first kappa shape index (κ1) is 28.7. The number of pyridine rings is 1. The number of rotatable bonds is 5. The third-order valence-corrected chi connectivity index (χ3v) is 10.7. The van der Waals surface area contributed by atoms with Crippen molar-refractivity contribution in [1.82, 2.24) is 14.5 Å². The molecule has 0 saturated heterocycles. The van der Waals surface area contributed by atoms with E-state index < -0.39 is 5.41 Å². The van der Waals surface area contributed by atoms with Crippen LogP contribution < -0.4 is 0 Å². The molecule has 0 atom stereocenters. The van der Waals surface area contributed by atoms with Crippen LogP contribution in [0.5, 0.6) is 0 Å². The van der Waals surface area contributed by atoms with Crippen molar-refractivity contribution in [2.45, 2.75) is 18.9 Å². The van der Waals surface area contributed by atoms with Crippen molar-refractivity contribution in [2.75, 3.05) is 0 Å². The predicted octanol–water partition coefficient (Wildman–Crippen LogP) is 11.5. The van der Waals surface area contributed by atoms with Crippen LogP contribution in [-0.2, 0) is 12.0 Å². The monoisotopic (exact) mass is 639 g/mol. The van der Waals surface area contributed by atoms with Crippen LogP contribution in [0.1, 0.15) is 29.2 Å². The van der Waals surface area contributed by atoms with Crippen LogP contribution in [0.25, 0.3) is 66.5 Å². The molecule has 0 saturated carbocycles. The van der Waals surface area contributed by atoms with Gasteiger partial charge in [-0.15, -0.1) is 0 Å². The van der Waals surface area contributed by atoms with Gasteiger partial charge >= 0.3 is 0 Å². The van der Waals surface area contributed by atoms with E-state index in [-0.39, 0.29) is 0 Å². The minimum absolute atomic E-state index is 0.459. The van der Waals surface area contributed by atoms with Crippen molar-refractivity contribution >= 4 is 32.7 Å². The smallest absolute Gasteiger partial charge is 0.141 e. The van der Waals surface area contributed by atoms with Crippen LogP contribution in [0.15, 0.2) is 170 Å². The Bertz CT molecular complexity index is 2680. The Labute approximate surface area is 291 Å². The van der Waals surface area contributed by atoms with Gasteiger partial charge in [0.15, 0.2) is 0 Å². The first-order valence-corrected chi connectivity index (χ1v) is 17.4. The number of nitrogens with zero attached hydrogens (tertiary/aromatic N) is 3. The normalized spacial score (nSPS) is 13.1. The van der Waals surface area contributed by atoms with Crippen molar-refractivity contribution < 1.29 is 0 Å². The zero-order valence-corrected chi connectivity index (χ0v) is 27.7. The van der Waals surface area contributed by atoms with Gasteiger partial charge in [0.2, 0.25) is 0 Å². The van der Waals surface area contributed by atoms with Crippen LogP contribution in [0, 0.1) is 0 Å². The van der Waals surface area contributed by atoms with Crippen molar-refractivity contribution in [1.29, 1.82) is 0 Å². The minimum atomic E-state index is -0.459. The Balaban J connectivity index is 1.24. The molecule has 9 aromatic rings. The Morgan fingerprint density at radius 2 is 1.10 bits per heavy atom. The summed E-state index contributed by atoms with van der Waals surface area (Å²) in [6.07, 6.45) is 0. The summed E-state index contributed by atoms with van der Waals surface area (Å²) in [5, 5.41) is 3.53. The van der Waals surface area contributed by atoms with Crippen LogP contribution in [0.4, 0.5) is 0 Å². The zero-order chi connectivity index (χ0) is 33.2. The molecule has 10 rings (SSSR count). The van der Waals surface area contributed by atoms with Gasteiger partial charge in [-0.25, -0.2) is 9.97 Å². The maximum Gasteiger partial charge on any atom is 0.141 e. The van der Waals surface area contributed by atoms with Crippen LogP contribution >= 0.6 is 0 Å². The van der Waals surface area contributed by atoms with Gasteiger partial charge in [-0.3, -0.25) is 0 Å². The topological polar surface area (TPSA) is 30.7 Å². The number of fused-ring (bicyclic) bond motifs is 7. The fraction of sp³-hybridized carbons (Fsp3) is 0.0638. The van der Waals surface area contributed by atoms with Gasteiger partial charge in [0, 0.05) is 28.4 Å². The highest BCUT2D eigenvalue weighted by molar-refractivity contribution is 6.13. The molecular weight excluding hydrogens is 607 g/mol. The largest absolute Gasteiger partial charge is 0.324 e. The molecule has 0 N–H and O–H groups in total. The molecule has 236 valence electrons. The molecule has 0 bridgehead atoms. The van der Waals surface area contributed by atoms with Crippen molar-refractivity contribution in [3.8, 4) is 33.8 Å². The molecule has 0 aliphatic heterocycles. The van der Waals surface area contributed by atoms with E-state index in [0.29, 0.717) is 0 Å². The first-order chi connectivity index (χ1) is 24.8. The average molecular weight is 640 g/mol. The zero-order valence-electron chi connectivity index (χ0n) is 27.7. The number of hydrogen-bond acceptors (Lipinski definition) is 2. The molecule has 0 fully saturated rings. The van der Waals surface area contributed by atoms with E-state index in [1.165, 1.54) is 38.8 Å². The number of imidazole rings is 1. The SMILES string of the molecule is CCn1c(-c2ccc(-c3nc4ccccc4c4cc5c(cc34)-c3ccccc3C5(c3ccccc3)c3ccccc3)cc2)nc2ccccc21. The Kier molecular flexibility index (Phi) is 6.37. The van der Waals surface area contributed by atoms with Gasteiger partial charge in [0.1, 0.15) is 5.82 Å². The summed E-state index contributed by atoms with van der Waals surface area (Å²) in [5.41, 5.74) is 13.6. The highest BCUT2D eigenvalue weighted by Gasteiger charge is 2.46. The summed E-state index contributed by atoms with van der Waals surface area (Å²) in [4.78, 5) is 10.4. The van der Waals surface area contributed by atoms with Gasteiger partial charge in [-0.1, -0.05) is 140 Å². The Hall–Kier alpha value is -6.32. The summed E-state index contributed by atoms with van der Waals surface area (Å²) in [6, 6.07) is 61.6. The lowest BCUT2D eigenvalue weighted by atomic mass is 9.67. The molecular formula is C47H33N3. The number of aromatic nitrogens is 3. The molecule has 1 aliphatic rings. The van der Waals surface area contributed by atoms with Crippen molar-refractivity contribution in [3.63, 3.8) is 0 Å². The lowest BCUT2D eigenvalue weighted by molar-refractivity contribution is 0.769.